The van der Waals surface area contributed by atoms with Crippen LogP contribution in [0.1, 0.15) is 46.0 Å². The molecule has 1 unspecified atom stereocenters. The van der Waals surface area contributed by atoms with Crippen molar-refractivity contribution in [2.45, 2.75) is 57.6 Å². The van der Waals surface area contributed by atoms with Crippen LogP contribution in [0.15, 0.2) is 0 Å². The Labute approximate surface area is 112 Å². The Balaban J connectivity index is 2.71. The zero-order chi connectivity index (χ0) is 13.3. The van der Waals surface area contributed by atoms with E-state index in [9.17, 15) is 0 Å². The van der Waals surface area contributed by atoms with Gasteiger partial charge in [0.15, 0.2) is 0 Å². The molecule has 1 N–H and O–H groups in total. The molecular formula is C15H27NO2. The molecule has 104 valence electrons. The summed E-state index contributed by atoms with van der Waals surface area (Å²) in [4.78, 5) is 0. The molecule has 0 aliphatic carbocycles. The highest BCUT2D eigenvalue weighted by molar-refractivity contribution is 4.97. The van der Waals surface area contributed by atoms with Crippen molar-refractivity contribution in [3.05, 3.63) is 0 Å². The van der Waals surface area contributed by atoms with Gasteiger partial charge in [-0.15, -0.1) is 12.3 Å². The molecule has 1 aliphatic heterocycles. The Morgan fingerprint density at radius 2 is 2.11 bits per heavy atom. The molecule has 0 spiro atoms. The van der Waals surface area contributed by atoms with E-state index >= 15 is 0 Å². The molecule has 18 heavy (non-hydrogen) atoms. The van der Waals surface area contributed by atoms with E-state index in [0.29, 0.717) is 6.04 Å². The van der Waals surface area contributed by atoms with Gasteiger partial charge in [-0.3, -0.25) is 0 Å². The molecule has 1 fully saturated rings. The van der Waals surface area contributed by atoms with Crippen LogP contribution in [0.2, 0.25) is 0 Å². The van der Waals surface area contributed by atoms with E-state index in [2.05, 4.69) is 25.1 Å². The molecule has 3 nitrogen and oxygen atoms in total. The summed E-state index contributed by atoms with van der Waals surface area (Å²) in [5.74, 6) is 2.75. The van der Waals surface area contributed by atoms with E-state index in [1.165, 1.54) is 0 Å². The van der Waals surface area contributed by atoms with Crippen molar-refractivity contribution in [2.75, 3.05) is 26.4 Å². The third-order valence-corrected chi connectivity index (χ3v) is 3.62. The lowest BCUT2D eigenvalue weighted by Gasteiger charge is -2.43. The van der Waals surface area contributed by atoms with Crippen LogP contribution in [0.3, 0.4) is 0 Å². The third-order valence-electron chi connectivity index (χ3n) is 3.62. The summed E-state index contributed by atoms with van der Waals surface area (Å²) in [7, 11) is 0. The molecule has 1 rings (SSSR count). The van der Waals surface area contributed by atoms with Gasteiger partial charge in [-0.25, -0.2) is 0 Å². The number of nitrogens with one attached hydrogen (secondary N) is 1. The molecule has 0 saturated carbocycles. The molecule has 0 aromatic carbocycles. The maximum absolute atomic E-state index is 6.12. The molecule has 3 heteroatoms. The number of ether oxygens (including phenoxy) is 2. The average Bonchev–Trinajstić information content (AvgIpc) is 2.40. The zero-order valence-electron chi connectivity index (χ0n) is 11.8. The van der Waals surface area contributed by atoms with Crippen molar-refractivity contribution < 1.29 is 9.47 Å². The van der Waals surface area contributed by atoms with Gasteiger partial charge in [-0.05, 0) is 26.3 Å². The molecule has 0 aromatic heterocycles. The van der Waals surface area contributed by atoms with Crippen LogP contribution < -0.4 is 5.32 Å². The van der Waals surface area contributed by atoms with Gasteiger partial charge in [0.25, 0.3) is 0 Å². The van der Waals surface area contributed by atoms with Crippen LogP contribution in [0.4, 0.5) is 0 Å². The van der Waals surface area contributed by atoms with Gasteiger partial charge < -0.3 is 14.8 Å². The van der Waals surface area contributed by atoms with Crippen molar-refractivity contribution in [1.82, 2.24) is 5.32 Å². The first-order chi connectivity index (χ1) is 8.79. The molecule has 1 saturated heterocycles. The zero-order valence-corrected chi connectivity index (χ0v) is 11.8. The second-order valence-electron chi connectivity index (χ2n) is 4.86. The largest absolute Gasteiger partial charge is 0.381 e. The van der Waals surface area contributed by atoms with Crippen molar-refractivity contribution in [3.8, 4) is 12.3 Å². The molecular weight excluding hydrogens is 226 g/mol. The Morgan fingerprint density at radius 1 is 1.39 bits per heavy atom. The molecule has 1 atom stereocenters. The van der Waals surface area contributed by atoms with Crippen LogP contribution in [0.25, 0.3) is 0 Å². The average molecular weight is 253 g/mol. The summed E-state index contributed by atoms with van der Waals surface area (Å²) >= 11 is 0. The van der Waals surface area contributed by atoms with Crippen LogP contribution >= 0.6 is 0 Å². The smallest absolute Gasteiger partial charge is 0.0878 e. The molecule has 1 aliphatic rings. The van der Waals surface area contributed by atoms with E-state index in [1.807, 2.05) is 0 Å². The van der Waals surface area contributed by atoms with Crippen LogP contribution in [-0.4, -0.2) is 38.0 Å². The monoisotopic (exact) mass is 253 g/mol. The highest BCUT2D eigenvalue weighted by Crippen LogP contribution is 2.31. The minimum absolute atomic E-state index is 0.0843. The third kappa shape index (κ3) is 4.28. The maximum atomic E-state index is 6.12. The van der Waals surface area contributed by atoms with E-state index in [1.54, 1.807) is 0 Å². The molecule has 0 amide bonds. The number of hydrogen-bond acceptors (Lipinski definition) is 3. The maximum Gasteiger partial charge on any atom is 0.0878 e. The Hall–Kier alpha value is -0.560. The topological polar surface area (TPSA) is 30.5 Å². The predicted molar refractivity (Wildman–Crippen MR) is 74.6 cm³/mol. The van der Waals surface area contributed by atoms with E-state index in [0.717, 1.165) is 58.5 Å². The summed E-state index contributed by atoms with van der Waals surface area (Å²) in [6, 6.07) is 0.345. The fourth-order valence-corrected chi connectivity index (χ4v) is 2.70. The van der Waals surface area contributed by atoms with Gasteiger partial charge in [0.2, 0.25) is 0 Å². The van der Waals surface area contributed by atoms with Gasteiger partial charge in [0, 0.05) is 45.1 Å². The predicted octanol–water partition coefficient (Wildman–Crippen LogP) is 2.35. The normalized spacial score (nSPS) is 20.3. The van der Waals surface area contributed by atoms with Crippen LogP contribution in [0, 0.1) is 12.3 Å². The second-order valence-corrected chi connectivity index (χ2v) is 4.86. The first kappa shape index (κ1) is 15.5. The minimum Gasteiger partial charge on any atom is -0.381 e. The SMILES string of the molecule is C#CCCC(NCCC)C1(OCC)CCOCC1. The first-order valence-electron chi connectivity index (χ1n) is 7.17. The van der Waals surface area contributed by atoms with E-state index in [4.69, 9.17) is 15.9 Å². The number of terminal acetylenes is 1. The van der Waals surface area contributed by atoms with Gasteiger partial charge in [0.1, 0.15) is 0 Å². The second kappa shape index (κ2) is 8.53. The number of hydrogen-bond donors (Lipinski definition) is 1. The van der Waals surface area contributed by atoms with Crippen molar-refractivity contribution in [1.29, 1.82) is 0 Å². The molecule has 0 aromatic rings. The van der Waals surface area contributed by atoms with Crippen molar-refractivity contribution in [3.63, 3.8) is 0 Å². The highest BCUT2D eigenvalue weighted by Gasteiger charge is 2.40. The Bertz CT molecular complexity index is 248. The van der Waals surface area contributed by atoms with Crippen molar-refractivity contribution >= 4 is 0 Å². The van der Waals surface area contributed by atoms with Gasteiger partial charge >= 0.3 is 0 Å². The molecule has 0 bridgehead atoms. The lowest BCUT2D eigenvalue weighted by Crippen LogP contribution is -2.55. The lowest BCUT2D eigenvalue weighted by atomic mass is 9.83. The standard InChI is InChI=1S/C15H27NO2/c1-4-7-8-14(16-11-5-2)15(18-6-3)9-12-17-13-10-15/h1,14,16H,5-13H2,2-3H3. The van der Waals surface area contributed by atoms with Crippen LogP contribution in [0.5, 0.6) is 0 Å². The van der Waals surface area contributed by atoms with Crippen LogP contribution in [-0.2, 0) is 9.47 Å². The minimum atomic E-state index is -0.0843. The quantitative estimate of drug-likeness (QED) is 0.674. The van der Waals surface area contributed by atoms with Crippen molar-refractivity contribution in [2.24, 2.45) is 0 Å². The summed E-state index contributed by atoms with van der Waals surface area (Å²) in [5.41, 5.74) is -0.0843. The van der Waals surface area contributed by atoms with Gasteiger partial charge in [-0.1, -0.05) is 6.92 Å². The summed E-state index contributed by atoms with van der Waals surface area (Å²) < 4.78 is 11.6. The Morgan fingerprint density at radius 3 is 2.67 bits per heavy atom. The summed E-state index contributed by atoms with van der Waals surface area (Å²) in [6.45, 7) is 7.60. The first-order valence-corrected chi connectivity index (χ1v) is 7.17. The summed E-state index contributed by atoms with van der Waals surface area (Å²) in [5, 5.41) is 3.62. The molecule has 1 heterocycles. The summed E-state index contributed by atoms with van der Waals surface area (Å²) in [6.07, 6.45) is 10.3. The molecule has 0 radical (unpaired) electrons. The van der Waals surface area contributed by atoms with E-state index < -0.39 is 0 Å². The lowest BCUT2D eigenvalue weighted by molar-refractivity contribution is -0.127. The van der Waals surface area contributed by atoms with Gasteiger partial charge in [0.05, 0.1) is 5.60 Å². The Kier molecular flexibility index (Phi) is 7.34. The fourth-order valence-electron chi connectivity index (χ4n) is 2.70. The van der Waals surface area contributed by atoms with E-state index in [-0.39, 0.29) is 5.60 Å². The fraction of sp³-hybridized carbons (Fsp3) is 0.867. The number of rotatable bonds is 8. The van der Waals surface area contributed by atoms with Gasteiger partial charge in [-0.2, -0.15) is 0 Å². The highest BCUT2D eigenvalue weighted by atomic mass is 16.5.